The van der Waals surface area contributed by atoms with Gasteiger partial charge in [0, 0.05) is 18.2 Å². The Balaban J connectivity index is 1.78. The van der Waals surface area contributed by atoms with E-state index >= 15 is 0 Å². The number of likely N-dealkylation sites (tertiary alicyclic amines) is 1. The maximum Gasteiger partial charge on any atom is 0.247 e. The van der Waals surface area contributed by atoms with Crippen LogP contribution < -0.4 is 10.6 Å². The smallest absolute Gasteiger partial charge is 0.247 e. The number of nitrogens with one attached hydrogen (secondary N) is 2. The highest BCUT2D eigenvalue weighted by molar-refractivity contribution is 5.97. The standard InChI is InChI=1S/C27H45N3O3/c1-7-17(2)24(31)28-22(19-12-9-8-10-13-19)25(32)29-23(27(4,5)6)26(33)30-16-20-14-11-15-21(20)18(30)3/h7,18-23H,8-16H2,1-6H3,(H,28,31)(H,29,32). The molecule has 6 heteroatoms. The Morgan fingerprint density at radius 1 is 0.970 bits per heavy atom. The van der Waals surface area contributed by atoms with E-state index in [4.69, 9.17) is 0 Å². The molecule has 3 amide bonds. The van der Waals surface area contributed by atoms with Gasteiger partial charge in [-0.25, -0.2) is 0 Å². The fraction of sp³-hybridized carbons (Fsp3) is 0.815. The Kier molecular flexibility index (Phi) is 8.28. The molecule has 3 aliphatic rings. The predicted molar refractivity (Wildman–Crippen MR) is 131 cm³/mol. The molecule has 3 rings (SSSR count). The molecular formula is C27H45N3O3. The molecule has 1 heterocycles. The van der Waals surface area contributed by atoms with Crippen LogP contribution in [0.15, 0.2) is 11.6 Å². The summed E-state index contributed by atoms with van der Waals surface area (Å²) in [6.45, 7) is 12.6. The van der Waals surface area contributed by atoms with E-state index in [9.17, 15) is 14.4 Å². The molecule has 0 radical (unpaired) electrons. The number of nitrogens with zero attached hydrogens (tertiary/aromatic N) is 1. The van der Waals surface area contributed by atoms with Crippen molar-refractivity contribution in [2.75, 3.05) is 6.54 Å². The molecule has 0 aromatic carbocycles. The Labute approximate surface area is 200 Å². The minimum Gasteiger partial charge on any atom is -0.342 e. The fourth-order valence-electron chi connectivity index (χ4n) is 6.17. The lowest BCUT2D eigenvalue weighted by Crippen LogP contribution is -2.60. The third-order valence-electron chi connectivity index (χ3n) is 8.42. The summed E-state index contributed by atoms with van der Waals surface area (Å²) < 4.78 is 0. The Morgan fingerprint density at radius 3 is 2.21 bits per heavy atom. The van der Waals surface area contributed by atoms with Crippen molar-refractivity contribution in [1.82, 2.24) is 15.5 Å². The van der Waals surface area contributed by atoms with Gasteiger partial charge in [0.2, 0.25) is 17.7 Å². The van der Waals surface area contributed by atoms with E-state index in [1.807, 2.05) is 32.6 Å². The first-order valence-electron chi connectivity index (χ1n) is 13.1. The summed E-state index contributed by atoms with van der Waals surface area (Å²) in [5.41, 5.74) is 0.175. The number of amides is 3. The summed E-state index contributed by atoms with van der Waals surface area (Å²) in [4.78, 5) is 42.1. The second-order valence-corrected chi connectivity index (χ2v) is 11.7. The van der Waals surface area contributed by atoms with Gasteiger partial charge in [-0.3, -0.25) is 14.4 Å². The van der Waals surface area contributed by atoms with Gasteiger partial charge in [0.15, 0.2) is 0 Å². The first-order chi connectivity index (χ1) is 15.5. The van der Waals surface area contributed by atoms with Crippen molar-refractivity contribution in [3.05, 3.63) is 11.6 Å². The van der Waals surface area contributed by atoms with Gasteiger partial charge in [0.1, 0.15) is 12.1 Å². The van der Waals surface area contributed by atoms with Crippen molar-refractivity contribution >= 4 is 17.7 Å². The highest BCUT2D eigenvalue weighted by atomic mass is 16.2. The molecule has 5 atom stereocenters. The van der Waals surface area contributed by atoms with Crippen LogP contribution in [0.25, 0.3) is 0 Å². The molecule has 1 saturated heterocycles. The number of allylic oxidation sites excluding steroid dienone is 1. The van der Waals surface area contributed by atoms with Crippen LogP contribution in [0.1, 0.15) is 92.9 Å². The number of carbonyl (C=O) groups excluding carboxylic acids is 3. The third-order valence-corrected chi connectivity index (χ3v) is 8.42. The van der Waals surface area contributed by atoms with Gasteiger partial charge in [-0.05, 0) is 69.6 Å². The summed E-state index contributed by atoms with van der Waals surface area (Å²) >= 11 is 0. The number of fused-ring (bicyclic) bond motifs is 1. The van der Waals surface area contributed by atoms with E-state index in [0.29, 0.717) is 17.4 Å². The van der Waals surface area contributed by atoms with E-state index in [0.717, 1.165) is 32.2 Å². The third kappa shape index (κ3) is 5.81. The van der Waals surface area contributed by atoms with E-state index in [1.54, 1.807) is 13.0 Å². The van der Waals surface area contributed by atoms with Crippen LogP contribution in [0.4, 0.5) is 0 Å². The SMILES string of the molecule is CC=C(C)C(=O)NC(C(=O)NC(C(=O)N1CC2CCCC2C1C)C(C)(C)C)C1CCCCC1. The van der Waals surface area contributed by atoms with Crippen molar-refractivity contribution in [3.8, 4) is 0 Å². The van der Waals surface area contributed by atoms with E-state index in [2.05, 4.69) is 17.6 Å². The second-order valence-electron chi connectivity index (χ2n) is 11.7. The lowest BCUT2D eigenvalue weighted by molar-refractivity contribution is -0.141. The molecule has 3 fully saturated rings. The fourth-order valence-corrected chi connectivity index (χ4v) is 6.17. The highest BCUT2D eigenvalue weighted by Gasteiger charge is 2.47. The van der Waals surface area contributed by atoms with Crippen LogP contribution in [0.5, 0.6) is 0 Å². The summed E-state index contributed by atoms with van der Waals surface area (Å²) in [7, 11) is 0. The normalized spacial score (nSPS) is 28.2. The van der Waals surface area contributed by atoms with Gasteiger partial charge in [-0.15, -0.1) is 0 Å². The molecular weight excluding hydrogens is 414 g/mol. The average molecular weight is 460 g/mol. The van der Waals surface area contributed by atoms with E-state index < -0.39 is 17.5 Å². The van der Waals surface area contributed by atoms with Gasteiger partial charge < -0.3 is 15.5 Å². The number of carbonyl (C=O) groups is 3. The van der Waals surface area contributed by atoms with Crippen LogP contribution >= 0.6 is 0 Å². The minimum absolute atomic E-state index is 0.0242. The Hall–Kier alpha value is -1.85. The van der Waals surface area contributed by atoms with Crippen LogP contribution in [-0.4, -0.2) is 47.3 Å². The molecule has 33 heavy (non-hydrogen) atoms. The summed E-state index contributed by atoms with van der Waals surface area (Å²) in [6, 6.07) is -1.00. The maximum atomic E-state index is 13.8. The monoisotopic (exact) mass is 459 g/mol. The van der Waals surface area contributed by atoms with Crippen molar-refractivity contribution < 1.29 is 14.4 Å². The van der Waals surface area contributed by atoms with Gasteiger partial charge >= 0.3 is 0 Å². The summed E-state index contributed by atoms with van der Waals surface area (Å²) in [6.07, 6.45) is 10.6. The highest BCUT2D eigenvalue weighted by Crippen LogP contribution is 2.42. The number of hydrogen-bond donors (Lipinski definition) is 2. The molecule has 2 saturated carbocycles. The predicted octanol–water partition coefficient (Wildman–Crippen LogP) is 4.20. The van der Waals surface area contributed by atoms with Gasteiger partial charge in [-0.1, -0.05) is 52.5 Å². The van der Waals surface area contributed by atoms with Crippen LogP contribution in [-0.2, 0) is 14.4 Å². The molecule has 2 N–H and O–H groups in total. The zero-order valence-corrected chi connectivity index (χ0v) is 21.6. The van der Waals surface area contributed by atoms with Crippen molar-refractivity contribution in [1.29, 1.82) is 0 Å². The maximum absolute atomic E-state index is 13.8. The quantitative estimate of drug-likeness (QED) is 0.585. The molecule has 186 valence electrons. The van der Waals surface area contributed by atoms with Crippen LogP contribution in [0, 0.1) is 23.2 Å². The van der Waals surface area contributed by atoms with Gasteiger partial charge in [0.05, 0.1) is 0 Å². The molecule has 0 aromatic heterocycles. The van der Waals surface area contributed by atoms with Crippen molar-refractivity contribution in [2.24, 2.45) is 23.2 Å². The van der Waals surface area contributed by atoms with Crippen molar-refractivity contribution in [2.45, 2.75) is 111 Å². The first kappa shape index (κ1) is 25.8. The van der Waals surface area contributed by atoms with E-state index in [1.165, 1.54) is 25.7 Å². The summed E-state index contributed by atoms with van der Waals surface area (Å²) in [5.74, 6) is 0.883. The Morgan fingerprint density at radius 2 is 1.64 bits per heavy atom. The van der Waals surface area contributed by atoms with Gasteiger partial charge in [0.25, 0.3) is 0 Å². The Bertz CT molecular complexity index is 763. The lowest BCUT2D eigenvalue weighted by atomic mass is 9.82. The summed E-state index contributed by atoms with van der Waals surface area (Å²) in [5, 5.41) is 6.11. The number of hydrogen-bond acceptors (Lipinski definition) is 3. The molecule has 0 aromatic rings. The van der Waals surface area contributed by atoms with Crippen LogP contribution in [0.3, 0.4) is 0 Å². The molecule has 6 nitrogen and oxygen atoms in total. The number of rotatable bonds is 6. The van der Waals surface area contributed by atoms with Crippen molar-refractivity contribution in [3.63, 3.8) is 0 Å². The first-order valence-corrected chi connectivity index (χ1v) is 13.1. The lowest BCUT2D eigenvalue weighted by Gasteiger charge is -2.38. The zero-order valence-electron chi connectivity index (χ0n) is 21.6. The van der Waals surface area contributed by atoms with Crippen LogP contribution in [0.2, 0.25) is 0 Å². The largest absolute Gasteiger partial charge is 0.342 e. The molecule has 1 aliphatic heterocycles. The topological polar surface area (TPSA) is 78.5 Å². The van der Waals surface area contributed by atoms with Gasteiger partial charge in [-0.2, -0.15) is 0 Å². The molecule has 5 unspecified atom stereocenters. The minimum atomic E-state index is -0.614. The zero-order chi connectivity index (χ0) is 24.3. The molecule has 0 bridgehead atoms. The second kappa shape index (κ2) is 10.6. The average Bonchev–Trinajstić information content (AvgIpc) is 3.37. The molecule has 0 spiro atoms. The molecule has 2 aliphatic carbocycles. The van der Waals surface area contributed by atoms with E-state index in [-0.39, 0.29) is 29.7 Å².